The van der Waals surface area contributed by atoms with Crippen LogP contribution in [0.15, 0.2) is 48.6 Å². The molecule has 0 saturated carbocycles. The number of hydrogen-bond donors (Lipinski definition) is 0. The standard InChI is InChI=1S/C21H16O6/c22-16(5-1-14-3-7-18-20(9-14)26-12-24-18)11-17(23)6-2-15-4-8-19-21(10-15)27-13-25-19/h1-10H,11-13H2. The lowest BCUT2D eigenvalue weighted by molar-refractivity contribution is -0.121. The summed E-state index contributed by atoms with van der Waals surface area (Å²) < 4.78 is 21.1. The molecule has 0 N–H and O–H groups in total. The van der Waals surface area contributed by atoms with E-state index in [0.717, 1.165) is 11.1 Å². The van der Waals surface area contributed by atoms with Gasteiger partial charge in [0.05, 0.1) is 6.42 Å². The van der Waals surface area contributed by atoms with Crippen molar-refractivity contribution in [3.05, 3.63) is 59.7 Å². The predicted octanol–water partition coefficient (Wildman–Crippen LogP) is 3.40. The number of ether oxygens (including phenoxy) is 4. The SMILES string of the molecule is O=C(C=Cc1ccc2c(c1)OCO2)CC(=O)C=Cc1ccc2c(c1)OCO2. The molecule has 2 aliphatic rings. The van der Waals surface area contributed by atoms with E-state index in [0.29, 0.717) is 23.0 Å². The van der Waals surface area contributed by atoms with Gasteiger partial charge >= 0.3 is 0 Å². The summed E-state index contributed by atoms with van der Waals surface area (Å²) in [6.07, 6.45) is 5.90. The second kappa shape index (κ2) is 7.37. The fourth-order valence-electron chi connectivity index (χ4n) is 2.70. The van der Waals surface area contributed by atoms with Crippen LogP contribution in [0.4, 0.5) is 0 Å². The van der Waals surface area contributed by atoms with E-state index in [1.807, 2.05) is 12.1 Å². The molecule has 6 nitrogen and oxygen atoms in total. The van der Waals surface area contributed by atoms with Gasteiger partial charge < -0.3 is 18.9 Å². The Labute approximate surface area is 155 Å². The van der Waals surface area contributed by atoms with E-state index in [1.165, 1.54) is 12.2 Å². The first kappa shape index (κ1) is 16.9. The van der Waals surface area contributed by atoms with Crippen molar-refractivity contribution in [1.29, 1.82) is 0 Å². The summed E-state index contributed by atoms with van der Waals surface area (Å²) in [5.41, 5.74) is 1.60. The van der Waals surface area contributed by atoms with E-state index in [4.69, 9.17) is 18.9 Å². The third kappa shape index (κ3) is 4.00. The van der Waals surface area contributed by atoms with Crippen LogP contribution in [0, 0.1) is 0 Å². The molecule has 0 aromatic heterocycles. The van der Waals surface area contributed by atoms with Crippen LogP contribution < -0.4 is 18.9 Å². The Morgan fingerprint density at radius 3 is 1.63 bits per heavy atom. The lowest BCUT2D eigenvalue weighted by Crippen LogP contribution is -2.01. The minimum absolute atomic E-state index is 0.192. The van der Waals surface area contributed by atoms with Gasteiger partial charge in [-0.3, -0.25) is 9.59 Å². The largest absolute Gasteiger partial charge is 0.454 e. The molecular weight excluding hydrogens is 348 g/mol. The van der Waals surface area contributed by atoms with Crippen molar-refractivity contribution in [1.82, 2.24) is 0 Å². The molecule has 6 heteroatoms. The molecular formula is C21H16O6. The number of ketones is 2. The molecule has 136 valence electrons. The molecule has 0 aliphatic carbocycles. The second-order valence-corrected chi connectivity index (χ2v) is 6.00. The molecule has 27 heavy (non-hydrogen) atoms. The van der Waals surface area contributed by atoms with Gasteiger partial charge in [0, 0.05) is 0 Å². The summed E-state index contributed by atoms with van der Waals surface area (Å²) in [4.78, 5) is 24.0. The third-order valence-corrected chi connectivity index (χ3v) is 4.07. The lowest BCUT2D eigenvalue weighted by atomic mass is 10.1. The smallest absolute Gasteiger partial charge is 0.231 e. The fourth-order valence-corrected chi connectivity index (χ4v) is 2.70. The van der Waals surface area contributed by atoms with Gasteiger partial charge in [0.2, 0.25) is 13.6 Å². The molecule has 0 atom stereocenters. The van der Waals surface area contributed by atoms with Crippen LogP contribution in [0.3, 0.4) is 0 Å². The van der Waals surface area contributed by atoms with Crippen molar-refractivity contribution >= 4 is 23.7 Å². The normalized spacial score (nSPS) is 14.2. The lowest BCUT2D eigenvalue weighted by Gasteiger charge is -1.98. The maximum absolute atomic E-state index is 12.0. The first-order valence-corrected chi connectivity index (χ1v) is 8.38. The second-order valence-electron chi connectivity index (χ2n) is 6.00. The third-order valence-electron chi connectivity index (χ3n) is 4.07. The van der Waals surface area contributed by atoms with Gasteiger partial charge in [0.25, 0.3) is 0 Å². The van der Waals surface area contributed by atoms with E-state index < -0.39 is 0 Å². The zero-order valence-corrected chi connectivity index (χ0v) is 14.3. The Kier molecular flexibility index (Phi) is 4.61. The molecule has 4 rings (SSSR count). The maximum atomic E-state index is 12.0. The predicted molar refractivity (Wildman–Crippen MR) is 97.8 cm³/mol. The Balaban J connectivity index is 1.33. The van der Waals surface area contributed by atoms with Crippen LogP contribution in [0.25, 0.3) is 12.2 Å². The highest BCUT2D eigenvalue weighted by atomic mass is 16.7. The molecule has 2 aromatic carbocycles. The highest BCUT2D eigenvalue weighted by molar-refractivity contribution is 6.10. The first-order valence-electron chi connectivity index (χ1n) is 8.38. The zero-order chi connectivity index (χ0) is 18.6. The number of hydrogen-bond acceptors (Lipinski definition) is 6. The summed E-state index contributed by atoms with van der Waals surface area (Å²) in [5.74, 6) is 2.12. The van der Waals surface area contributed by atoms with E-state index >= 15 is 0 Å². The quantitative estimate of drug-likeness (QED) is 0.578. The number of fused-ring (bicyclic) bond motifs is 2. The minimum Gasteiger partial charge on any atom is -0.454 e. The Bertz CT molecular complexity index is 880. The van der Waals surface area contributed by atoms with Crippen LogP contribution in [0.2, 0.25) is 0 Å². The van der Waals surface area contributed by atoms with E-state index in [1.54, 1.807) is 36.4 Å². The average molecular weight is 364 g/mol. The summed E-state index contributed by atoms with van der Waals surface area (Å²) in [7, 11) is 0. The number of carbonyl (C=O) groups is 2. The summed E-state index contributed by atoms with van der Waals surface area (Å²) in [6.45, 7) is 0.400. The first-order chi connectivity index (χ1) is 13.2. The summed E-state index contributed by atoms with van der Waals surface area (Å²) >= 11 is 0. The Hall–Kier alpha value is -3.54. The van der Waals surface area contributed by atoms with Crippen LogP contribution in [0.5, 0.6) is 23.0 Å². The number of rotatable bonds is 6. The van der Waals surface area contributed by atoms with Gasteiger partial charge in [0.15, 0.2) is 34.6 Å². The van der Waals surface area contributed by atoms with Crippen molar-refractivity contribution in [2.24, 2.45) is 0 Å². The van der Waals surface area contributed by atoms with Gasteiger partial charge in [-0.2, -0.15) is 0 Å². The van der Waals surface area contributed by atoms with E-state index in [2.05, 4.69) is 0 Å². The van der Waals surface area contributed by atoms with Crippen LogP contribution in [-0.2, 0) is 9.59 Å². The summed E-state index contributed by atoms with van der Waals surface area (Å²) in [5, 5.41) is 0. The molecule has 0 bridgehead atoms. The molecule has 0 fully saturated rings. The Morgan fingerprint density at radius 1 is 0.704 bits per heavy atom. The molecule has 0 unspecified atom stereocenters. The molecule has 0 radical (unpaired) electrons. The van der Waals surface area contributed by atoms with Gasteiger partial charge in [-0.05, 0) is 47.5 Å². The number of benzene rings is 2. The topological polar surface area (TPSA) is 71.1 Å². The van der Waals surface area contributed by atoms with Gasteiger partial charge in [-0.1, -0.05) is 24.3 Å². The van der Waals surface area contributed by atoms with E-state index in [9.17, 15) is 9.59 Å². The van der Waals surface area contributed by atoms with E-state index in [-0.39, 0.29) is 31.6 Å². The molecule has 0 amide bonds. The van der Waals surface area contributed by atoms with Gasteiger partial charge in [-0.15, -0.1) is 0 Å². The van der Waals surface area contributed by atoms with Crippen LogP contribution in [0.1, 0.15) is 17.5 Å². The zero-order valence-electron chi connectivity index (χ0n) is 14.3. The van der Waals surface area contributed by atoms with Crippen LogP contribution in [-0.4, -0.2) is 25.2 Å². The summed E-state index contributed by atoms with van der Waals surface area (Å²) in [6, 6.07) is 10.8. The highest BCUT2D eigenvalue weighted by Gasteiger charge is 2.13. The minimum atomic E-state index is -0.270. The van der Waals surface area contributed by atoms with Crippen molar-refractivity contribution < 1.29 is 28.5 Å². The van der Waals surface area contributed by atoms with Gasteiger partial charge in [0.1, 0.15) is 0 Å². The van der Waals surface area contributed by atoms with Crippen molar-refractivity contribution in [3.8, 4) is 23.0 Å². The molecule has 2 aliphatic heterocycles. The molecule has 0 spiro atoms. The van der Waals surface area contributed by atoms with Crippen molar-refractivity contribution in [2.75, 3.05) is 13.6 Å². The fraction of sp³-hybridized carbons (Fsp3) is 0.143. The molecule has 2 aromatic rings. The molecule has 0 saturated heterocycles. The molecule has 2 heterocycles. The monoisotopic (exact) mass is 364 g/mol. The van der Waals surface area contributed by atoms with Gasteiger partial charge in [-0.25, -0.2) is 0 Å². The Morgan fingerprint density at radius 2 is 1.15 bits per heavy atom. The van der Waals surface area contributed by atoms with Crippen molar-refractivity contribution in [2.45, 2.75) is 6.42 Å². The highest BCUT2D eigenvalue weighted by Crippen LogP contribution is 2.33. The van der Waals surface area contributed by atoms with Crippen LogP contribution >= 0.6 is 0 Å². The average Bonchev–Trinajstić information content (AvgIpc) is 3.32. The van der Waals surface area contributed by atoms with Crippen molar-refractivity contribution in [3.63, 3.8) is 0 Å². The number of allylic oxidation sites excluding steroid dienone is 2. The maximum Gasteiger partial charge on any atom is 0.231 e. The number of carbonyl (C=O) groups excluding carboxylic acids is 2.